The van der Waals surface area contributed by atoms with E-state index in [9.17, 15) is 41.6 Å². The number of nitrogens with one attached hydrogen (secondary N) is 1. The highest BCUT2D eigenvalue weighted by molar-refractivity contribution is 7.92. The average molecular weight is 828 g/mol. The number of esters is 1. The Labute approximate surface area is 323 Å². The standard InChI is InChI=1S/C35H34Cl2F2N4O11S/c36-26-16-42(48)17-27(37)25(26)15-29(21-3-6-28(54-35(38)39)30(13-21)52-19-20-1-2-20)53-32(45)18-43-33(46)23-5-4-22(14-24(23)34(43)47)40-55(49,50)12-7-31(44)41-8-10-51-11-9-41/h3-6,13-14,16-17,20,29,35,40H,1-2,7-12,15,18-19H2/t29-/m0/s1. The van der Waals surface area contributed by atoms with Gasteiger partial charge in [-0.25, -0.2) is 8.42 Å². The summed E-state index contributed by atoms with van der Waals surface area (Å²) in [4.78, 5) is 54.8. The molecule has 0 unspecified atom stereocenters. The molecule has 1 aliphatic carbocycles. The Morgan fingerprint density at radius 1 is 1.00 bits per heavy atom. The molecule has 55 heavy (non-hydrogen) atoms. The Bertz CT molecular complexity index is 2080. The second kappa shape index (κ2) is 16.9. The molecule has 3 aliphatic rings. The number of amides is 3. The molecule has 2 aliphatic heterocycles. The zero-order valence-electron chi connectivity index (χ0n) is 28.9. The third-order valence-electron chi connectivity index (χ3n) is 8.93. The maximum atomic E-state index is 13.5. The Balaban J connectivity index is 1.17. The smallest absolute Gasteiger partial charge is 0.387 e. The van der Waals surface area contributed by atoms with E-state index >= 15 is 0 Å². The Morgan fingerprint density at radius 2 is 1.69 bits per heavy atom. The minimum atomic E-state index is -4.04. The van der Waals surface area contributed by atoms with Crippen LogP contribution >= 0.6 is 23.2 Å². The van der Waals surface area contributed by atoms with Crippen LogP contribution in [-0.2, 0) is 35.5 Å². The molecule has 3 aromatic rings. The number of aromatic nitrogens is 1. The largest absolute Gasteiger partial charge is 0.619 e. The first-order valence-electron chi connectivity index (χ1n) is 17.0. The van der Waals surface area contributed by atoms with Crippen LogP contribution in [0, 0.1) is 11.1 Å². The molecule has 2 fully saturated rings. The van der Waals surface area contributed by atoms with E-state index in [-0.39, 0.29) is 80.8 Å². The highest BCUT2D eigenvalue weighted by atomic mass is 35.5. The number of carbonyl (C=O) groups is 4. The van der Waals surface area contributed by atoms with Gasteiger partial charge in [-0.3, -0.25) is 28.8 Å². The number of rotatable bonds is 16. The molecule has 15 nitrogen and oxygen atoms in total. The molecule has 20 heteroatoms. The lowest BCUT2D eigenvalue weighted by Gasteiger charge is -2.26. The number of pyridine rings is 1. The second-order valence-corrected chi connectivity index (χ2v) is 15.6. The number of alkyl halides is 2. The summed E-state index contributed by atoms with van der Waals surface area (Å²) < 4.78 is 76.1. The Morgan fingerprint density at radius 3 is 2.36 bits per heavy atom. The number of nitrogens with zero attached hydrogens (tertiary/aromatic N) is 3. The number of benzene rings is 2. The molecular weight excluding hydrogens is 793 g/mol. The van der Waals surface area contributed by atoms with Crippen LogP contribution in [0.1, 0.15) is 57.2 Å². The number of ether oxygens (including phenoxy) is 4. The van der Waals surface area contributed by atoms with Gasteiger partial charge in [-0.05, 0) is 54.7 Å². The zero-order valence-corrected chi connectivity index (χ0v) is 31.2. The zero-order chi connectivity index (χ0) is 39.4. The van der Waals surface area contributed by atoms with E-state index in [0.29, 0.717) is 35.9 Å². The van der Waals surface area contributed by atoms with Crippen molar-refractivity contribution in [1.29, 1.82) is 0 Å². The van der Waals surface area contributed by atoms with Gasteiger partial charge < -0.3 is 29.1 Å². The molecule has 0 radical (unpaired) electrons. The van der Waals surface area contributed by atoms with Gasteiger partial charge >= 0.3 is 12.6 Å². The van der Waals surface area contributed by atoms with E-state index in [1.54, 1.807) is 0 Å². The van der Waals surface area contributed by atoms with E-state index in [4.69, 9.17) is 37.4 Å². The van der Waals surface area contributed by atoms with Crippen LogP contribution in [0.4, 0.5) is 14.5 Å². The molecule has 294 valence electrons. The van der Waals surface area contributed by atoms with Gasteiger partial charge in [-0.2, -0.15) is 13.5 Å². The minimum absolute atomic E-state index is 0.0433. The number of imide groups is 1. The highest BCUT2D eigenvalue weighted by Crippen LogP contribution is 2.38. The second-order valence-electron chi connectivity index (χ2n) is 12.9. The fourth-order valence-corrected chi connectivity index (χ4v) is 7.54. The molecule has 1 saturated carbocycles. The fourth-order valence-electron chi connectivity index (χ4n) is 5.91. The summed E-state index contributed by atoms with van der Waals surface area (Å²) in [5, 5.41) is 11.8. The van der Waals surface area contributed by atoms with Crippen molar-refractivity contribution in [2.75, 3.05) is 49.9 Å². The monoisotopic (exact) mass is 826 g/mol. The predicted molar refractivity (Wildman–Crippen MR) is 190 cm³/mol. The van der Waals surface area contributed by atoms with Crippen LogP contribution in [0.5, 0.6) is 11.5 Å². The quantitative estimate of drug-likeness (QED) is 0.0948. The molecule has 3 heterocycles. The summed E-state index contributed by atoms with van der Waals surface area (Å²) in [5.74, 6) is -3.78. The lowest BCUT2D eigenvalue weighted by Crippen LogP contribution is -2.41. The van der Waals surface area contributed by atoms with Gasteiger partial charge in [0.1, 0.15) is 22.7 Å². The molecule has 1 N–H and O–H groups in total. The van der Waals surface area contributed by atoms with Crippen molar-refractivity contribution >= 4 is 62.6 Å². The molecule has 1 saturated heterocycles. The first kappa shape index (κ1) is 39.9. The van der Waals surface area contributed by atoms with Crippen molar-refractivity contribution in [3.8, 4) is 11.5 Å². The van der Waals surface area contributed by atoms with Crippen molar-refractivity contribution in [3.05, 3.63) is 86.3 Å². The van der Waals surface area contributed by atoms with Gasteiger partial charge in [0.15, 0.2) is 23.9 Å². The van der Waals surface area contributed by atoms with E-state index in [2.05, 4.69) is 9.46 Å². The predicted octanol–water partition coefficient (Wildman–Crippen LogP) is 4.13. The topological polar surface area (TPSA) is 185 Å². The summed E-state index contributed by atoms with van der Waals surface area (Å²) in [6, 6.07) is 7.56. The Kier molecular flexibility index (Phi) is 12.3. The molecular formula is C35H34Cl2F2N4O11S. The lowest BCUT2D eigenvalue weighted by molar-refractivity contribution is -0.605. The first-order chi connectivity index (χ1) is 26.2. The maximum absolute atomic E-state index is 13.5. The number of sulfonamides is 1. The van der Waals surface area contributed by atoms with Gasteiger partial charge in [0.2, 0.25) is 15.9 Å². The first-order valence-corrected chi connectivity index (χ1v) is 19.4. The molecule has 1 atom stereocenters. The molecule has 1 aromatic heterocycles. The van der Waals surface area contributed by atoms with Crippen LogP contribution in [0.3, 0.4) is 0 Å². The minimum Gasteiger partial charge on any atom is -0.619 e. The molecule has 3 amide bonds. The van der Waals surface area contributed by atoms with Gasteiger partial charge in [-0.15, -0.1) is 0 Å². The summed E-state index contributed by atoms with van der Waals surface area (Å²) in [6.45, 7) is -2.36. The van der Waals surface area contributed by atoms with Crippen LogP contribution in [0.15, 0.2) is 48.8 Å². The SMILES string of the molecule is O=C(CN1C(=O)c2ccc(NS(=O)(=O)CCC(=O)N3CCOCC3)cc2C1=O)O[C@@H](Cc1c(Cl)c[n+]([O-])cc1Cl)c1ccc(OC(F)F)c(OCC2CC2)c1. The summed E-state index contributed by atoms with van der Waals surface area (Å²) >= 11 is 12.6. The van der Waals surface area contributed by atoms with E-state index in [0.717, 1.165) is 31.3 Å². The summed E-state index contributed by atoms with van der Waals surface area (Å²) in [5.41, 5.74) is 0.0964. The normalized spacial score (nSPS) is 16.2. The molecule has 6 rings (SSSR count). The van der Waals surface area contributed by atoms with Crippen LogP contribution in [-0.4, -0.2) is 93.7 Å². The third kappa shape index (κ3) is 10.1. The number of hydrogen-bond acceptors (Lipinski definition) is 11. The maximum Gasteiger partial charge on any atom is 0.387 e. The number of anilines is 1. The van der Waals surface area contributed by atoms with Gasteiger partial charge in [0, 0.05) is 37.2 Å². The van der Waals surface area contributed by atoms with Gasteiger partial charge in [0.05, 0.1) is 36.7 Å². The Hall–Kier alpha value is -4.78. The summed E-state index contributed by atoms with van der Waals surface area (Å²) in [6.07, 6.45) is 2.10. The summed E-state index contributed by atoms with van der Waals surface area (Å²) in [7, 11) is -4.04. The van der Waals surface area contributed by atoms with Gasteiger partial charge in [-0.1, -0.05) is 29.3 Å². The van der Waals surface area contributed by atoms with Crippen molar-refractivity contribution in [1.82, 2.24) is 9.80 Å². The van der Waals surface area contributed by atoms with Crippen LogP contribution in [0.2, 0.25) is 10.0 Å². The van der Waals surface area contributed by atoms with Crippen molar-refractivity contribution in [2.24, 2.45) is 5.92 Å². The molecule has 0 bridgehead atoms. The number of carbonyl (C=O) groups excluding carboxylic acids is 4. The van der Waals surface area contributed by atoms with E-state index < -0.39 is 52.8 Å². The molecule has 0 spiro atoms. The molecule has 2 aromatic carbocycles. The van der Waals surface area contributed by atoms with E-state index in [1.807, 2.05) is 0 Å². The van der Waals surface area contributed by atoms with Crippen molar-refractivity contribution in [2.45, 2.75) is 38.4 Å². The third-order valence-corrected chi connectivity index (χ3v) is 10.9. The van der Waals surface area contributed by atoms with Crippen molar-refractivity contribution in [3.63, 3.8) is 0 Å². The van der Waals surface area contributed by atoms with Crippen LogP contribution in [0.25, 0.3) is 0 Å². The number of morpholine rings is 1. The van der Waals surface area contributed by atoms with E-state index in [1.165, 1.54) is 35.2 Å². The highest BCUT2D eigenvalue weighted by Gasteiger charge is 2.38. The number of halogens is 4. The van der Waals surface area contributed by atoms with Crippen LogP contribution < -0.4 is 18.9 Å². The fraction of sp³-hybridized carbons (Fsp3) is 0.400. The van der Waals surface area contributed by atoms with Gasteiger partial charge in [0.25, 0.3) is 11.8 Å². The number of hydrogen-bond donors (Lipinski definition) is 1. The van der Waals surface area contributed by atoms with Crippen molar-refractivity contribution < 1.29 is 60.1 Å². The number of fused-ring (bicyclic) bond motifs is 1. The average Bonchev–Trinajstić information content (AvgIpc) is 3.94. The lowest BCUT2D eigenvalue weighted by atomic mass is 10.0.